The second-order valence-electron chi connectivity index (χ2n) is 3.78. The average Bonchev–Trinajstić information content (AvgIpc) is 2.38. The number of carboxylic acid groups (broad SMARTS) is 1. The standard InChI is InChI=1S/C13H19NO3S2/c1-3-18-11-7-5-6-10(12(11)13(15)16)14-8-9-19(17)4-2/h5-7,14H,3-4,8-9H2,1-2H3,(H,15,16). The molecule has 0 saturated heterocycles. The molecule has 1 rings (SSSR count). The fourth-order valence-electron chi connectivity index (χ4n) is 1.62. The van der Waals surface area contributed by atoms with Crippen molar-refractivity contribution >= 4 is 34.2 Å². The summed E-state index contributed by atoms with van der Waals surface area (Å²) in [4.78, 5) is 12.1. The molecule has 6 heteroatoms. The summed E-state index contributed by atoms with van der Waals surface area (Å²) in [6.45, 7) is 4.37. The van der Waals surface area contributed by atoms with Gasteiger partial charge in [-0.05, 0) is 17.9 Å². The molecule has 0 bridgehead atoms. The lowest BCUT2D eigenvalue weighted by Crippen LogP contribution is -2.14. The zero-order chi connectivity index (χ0) is 14.3. The predicted octanol–water partition coefficient (Wildman–Crippen LogP) is 2.68. The molecule has 2 N–H and O–H groups in total. The minimum atomic E-state index is -0.935. The molecule has 0 spiro atoms. The van der Waals surface area contributed by atoms with Gasteiger partial charge in [0.25, 0.3) is 0 Å². The van der Waals surface area contributed by atoms with Gasteiger partial charge in [0, 0.05) is 39.4 Å². The van der Waals surface area contributed by atoms with Gasteiger partial charge in [0.15, 0.2) is 0 Å². The minimum Gasteiger partial charge on any atom is -0.478 e. The van der Waals surface area contributed by atoms with E-state index in [1.165, 1.54) is 11.8 Å². The van der Waals surface area contributed by atoms with E-state index in [0.29, 0.717) is 29.3 Å². The first-order chi connectivity index (χ1) is 9.10. The normalized spacial score (nSPS) is 12.1. The fourth-order valence-corrected chi connectivity index (χ4v) is 3.06. The van der Waals surface area contributed by atoms with Gasteiger partial charge in [-0.25, -0.2) is 4.79 Å². The van der Waals surface area contributed by atoms with E-state index in [9.17, 15) is 14.1 Å². The van der Waals surface area contributed by atoms with E-state index >= 15 is 0 Å². The Morgan fingerprint density at radius 1 is 1.42 bits per heavy atom. The van der Waals surface area contributed by atoms with Gasteiger partial charge in [0.05, 0.1) is 5.56 Å². The van der Waals surface area contributed by atoms with Crippen LogP contribution in [-0.2, 0) is 10.8 Å². The van der Waals surface area contributed by atoms with Gasteiger partial charge >= 0.3 is 5.97 Å². The summed E-state index contributed by atoms with van der Waals surface area (Å²) in [6, 6.07) is 5.40. The number of thioether (sulfide) groups is 1. The van der Waals surface area contributed by atoms with E-state index in [4.69, 9.17) is 0 Å². The Balaban J connectivity index is 2.84. The summed E-state index contributed by atoms with van der Waals surface area (Å²) < 4.78 is 11.3. The molecule has 0 aliphatic rings. The Labute approximate surface area is 120 Å². The molecule has 1 unspecified atom stereocenters. The van der Waals surface area contributed by atoms with E-state index in [-0.39, 0.29) is 0 Å². The summed E-state index contributed by atoms with van der Waals surface area (Å²) in [5, 5.41) is 12.4. The summed E-state index contributed by atoms with van der Waals surface area (Å²) in [5.41, 5.74) is 0.899. The third-order valence-electron chi connectivity index (χ3n) is 2.51. The number of anilines is 1. The van der Waals surface area contributed by atoms with Crippen LogP contribution in [0.2, 0.25) is 0 Å². The molecule has 0 aliphatic heterocycles. The average molecular weight is 301 g/mol. The first-order valence-electron chi connectivity index (χ1n) is 6.18. The van der Waals surface area contributed by atoms with Crippen molar-refractivity contribution in [1.82, 2.24) is 0 Å². The SMILES string of the molecule is CCSc1cccc(NCCS(=O)CC)c1C(=O)O. The monoisotopic (exact) mass is 301 g/mol. The quantitative estimate of drug-likeness (QED) is 0.723. The van der Waals surface area contributed by atoms with Crippen LogP contribution >= 0.6 is 11.8 Å². The second-order valence-corrected chi connectivity index (χ2v) is 6.95. The molecule has 0 aliphatic carbocycles. The van der Waals surface area contributed by atoms with Crippen molar-refractivity contribution in [2.24, 2.45) is 0 Å². The zero-order valence-electron chi connectivity index (χ0n) is 11.1. The Hall–Kier alpha value is -1.01. The Morgan fingerprint density at radius 2 is 2.16 bits per heavy atom. The lowest BCUT2D eigenvalue weighted by molar-refractivity contribution is 0.0694. The minimum absolute atomic E-state index is 0.302. The van der Waals surface area contributed by atoms with Crippen LogP contribution in [0.3, 0.4) is 0 Å². The first kappa shape index (κ1) is 16.0. The van der Waals surface area contributed by atoms with Crippen LogP contribution in [-0.4, -0.2) is 39.1 Å². The van der Waals surface area contributed by atoms with E-state index in [2.05, 4.69) is 5.32 Å². The smallest absolute Gasteiger partial charge is 0.338 e. The lowest BCUT2D eigenvalue weighted by atomic mass is 10.2. The van der Waals surface area contributed by atoms with Gasteiger partial charge in [-0.15, -0.1) is 11.8 Å². The third-order valence-corrected chi connectivity index (χ3v) is 4.75. The van der Waals surface area contributed by atoms with Crippen LogP contribution in [0.1, 0.15) is 24.2 Å². The Morgan fingerprint density at radius 3 is 2.74 bits per heavy atom. The maximum Gasteiger partial charge on any atom is 0.338 e. The second kappa shape index (κ2) is 8.22. The molecule has 1 aromatic rings. The van der Waals surface area contributed by atoms with Crippen molar-refractivity contribution in [2.45, 2.75) is 18.7 Å². The van der Waals surface area contributed by atoms with Crippen LogP contribution in [0.4, 0.5) is 5.69 Å². The maximum atomic E-state index is 11.4. The summed E-state index contributed by atoms with van der Waals surface area (Å²) in [5.74, 6) is 1.04. The van der Waals surface area contributed by atoms with Gasteiger partial charge < -0.3 is 10.4 Å². The molecular formula is C13H19NO3S2. The third kappa shape index (κ3) is 4.87. The molecular weight excluding hydrogens is 282 g/mol. The number of benzene rings is 1. The van der Waals surface area contributed by atoms with Crippen LogP contribution in [0, 0.1) is 0 Å². The van der Waals surface area contributed by atoms with E-state index in [0.717, 1.165) is 10.6 Å². The number of hydrogen-bond acceptors (Lipinski definition) is 4. The highest BCUT2D eigenvalue weighted by molar-refractivity contribution is 7.99. The number of carboxylic acids is 1. The predicted molar refractivity (Wildman–Crippen MR) is 81.8 cm³/mol. The Kier molecular flexibility index (Phi) is 6.94. The summed E-state index contributed by atoms with van der Waals surface area (Å²) >= 11 is 1.51. The van der Waals surface area contributed by atoms with E-state index < -0.39 is 16.8 Å². The van der Waals surface area contributed by atoms with Gasteiger partial charge in [0.1, 0.15) is 0 Å². The van der Waals surface area contributed by atoms with Crippen LogP contribution in [0.5, 0.6) is 0 Å². The fraction of sp³-hybridized carbons (Fsp3) is 0.462. The molecule has 0 fully saturated rings. The van der Waals surface area contributed by atoms with Crippen molar-refractivity contribution in [3.63, 3.8) is 0 Å². The van der Waals surface area contributed by atoms with Gasteiger partial charge in [0.2, 0.25) is 0 Å². The van der Waals surface area contributed by atoms with Crippen molar-refractivity contribution in [3.05, 3.63) is 23.8 Å². The molecule has 1 aromatic carbocycles. The molecule has 4 nitrogen and oxygen atoms in total. The highest BCUT2D eigenvalue weighted by atomic mass is 32.2. The molecule has 106 valence electrons. The Bertz CT molecular complexity index is 463. The summed E-state index contributed by atoms with van der Waals surface area (Å²) in [7, 11) is -0.842. The number of rotatable bonds is 8. The molecule has 0 radical (unpaired) electrons. The van der Waals surface area contributed by atoms with Gasteiger partial charge in [-0.2, -0.15) is 0 Å². The van der Waals surface area contributed by atoms with E-state index in [1.54, 1.807) is 6.07 Å². The van der Waals surface area contributed by atoms with Crippen LogP contribution in [0.15, 0.2) is 23.1 Å². The zero-order valence-corrected chi connectivity index (χ0v) is 12.8. The van der Waals surface area contributed by atoms with Crippen LogP contribution in [0.25, 0.3) is 0 Å². The van der Waals surface area contributed by atoms with Crippen molar-refractivity contribution in [1.29, 1.82) is 0 Å². The highest BCUT2D eigenvalue weighted by Gasteiger charge is 2.15. The lowest BCUT2D eigenvalue weighted by Gasteiger charge is -2.12. The molecule has 0 heterocycles. The highest BCUT2D eigenvalue weighted by Crippen LogP contribution is 2.28. The largest absolute Gasteiger partial charge is 0.478 e. The van der Waals surface area contributed by atoms with Crippen molar-refractivity contribution in [2.75, 3.05) is 29.1 Å². The topological polar surface area (TPSA) is 66.4 Å². The number of nitrogens with one attached hydrogen (secondary N) is 1. The van der Waals surface area contributed by atoms with Crippen molar-refractivity contribution < 1.29 is 14.1 Å². The van der Waals surface area contributed by atoms with Gasteiger partial charge in [-0.1, -0.05) is 19.9 Å². The number of hydrogen-bond donors (Lipinski definition) is 2. The molecule has 0 aromatic heterocycles. The van der Waals surface area contributed by atoms with Crippen molar-refractivity contribution in [3.8, 4) is 0 Å². The molecule has 1 atom stereocenters. The summed E-state index contributed by atoms with van der Waals surface area (Å²) in [6.07, 6.45) is 0. The molecule has 0 saturated carbocycles. The first-order valence-corrected chi connectivity index (χ1v) is 8.65. The number of carbonyl (C=O) groups is 1. The van der Waals surface area contributed by atoms with Gasteiger partial charge in [-0.3, -0.25) is 4.21 Å². The van der Waals surface area contributed by atoms with E-state index in [1.807, 2.05) is 26.0 Å². The molecule has 0 amide bonds. The van der Waals surface area contributed by atoms with Crippen LogP contribution < -0.4 is 5.32 Å². The molecule has 19 heavy (non-hydrogen) atoms. The maximum absolute atomic E-state index is 11.4. The number of aromatic carboxylic acids is 1.